The van der Waals surface area contributed by atoms with E-state index in [1.807, 2.05) is 0 Å². The molecule has 1 amide bonds. The molecule has 0 aliphatic carbocycles. The van der Waals surface area contributed by atoms with Gasteiger partial charge in [-0.15, -0.1) is 0 Å². The first-order valence-electron chi connectivity index (χ1n) is 6.55. The molecule has 22 heavy (non-hydrogen) atoms. The first-order chi connectivity index (χ1) is 10.6. The van der Waals surface area contributed by atoms with Crippen molar-refractivity contribution in [1.82, 2.24) is 5.32 Å². The Hall–Kier alpha value is -3.01. The lowest BCUT2D eigenvalue weighted by Crippen LogP contribution is -2.22. The number of benzene rings is 1. The summed E-state index contributed by atoms with van der Waals surface area (Å²) in [5.41, 5.74) is 0.373. The topological polar surface area (TPSA) is 100 Å². The fourth-order valence-corrected chi connectivity index (χ4v) is 1.47. The van der Waals surface area contributed by atoms with E-state index in [-0.39, 0.29) is 18.7 Å². The van der Waals surface area contributed by atoms with E-state index >= 15 is 0 Å². The number of carbonyl (C=O) groups excluding carboxylic acids is 2. The fourth-order valence-electron chi connectivity index (χ4n) is 1.47. The van der Waals surface area contributed by atoms with Crippen LogP contribution in [0.25, 0.3) is 0 Å². The van der Waals surface area contributed by atoms with Gasteiger partial charge in [0.2, 0.25) is 0 Å². The van der Waals surface area contributed by atoms with E-state index in [0.29, 0.717) is 11.4 Å². The van der Waals surface area contributed by atoms with Gasteiger partial charge in [-0.2, -0.15) is 5.26 Å². The summed E-state index contributed by atoms with van der Waals surface area (Å²) in [6.45, 7) is 1.85. The number of methoxy groups -OCH3 is 1. The molecule has 0 aromatic heterocycles. The Morgan fingerprint density at radius 2 is 2.00 bits per heavy atom. The van der Waals surface area contributed by atoms with Gasteiger partial charge in [-0.3, -0.25) is 9.59 Å². The molecule has 2 N–H and O–H groups in total. The molecule has 0 radical (unpaired) electrons. The Labute approximate surface area is 128 Å². The lowest BCUT2D eigenvalue weighted by atomic mass is 10.2. The third-order valence-electron chi connectivity index (χ3n) is 2.51. The van der Waals surface area contributed by atoms with Crippen molar-refractivity contribution in [3.05, 3.63) is 36.0 Å². The number of carbonyl (C=O) groups is 2. The number of rotatable bonds is 7. The van der Waals surface area contributed by atoms with E-state index in [4.69, 9.17) is 14.7 Å². The first-order valence-corrected chi connectivity index (χ1v) is 6.55. The molecule has 1 rings (SSSR count). The van der Waals surface area contributed by atoms with Crippen LogP contribution in [-0.2, 0) is 14.3 Å². The third kappa shape index (κ3) is 5.54. The Morgan fingerprint density at radius 3 is 2.55 bits per heavy atom. The number of nitriles is 1. The Balaban J connectivity index is 2.60. The van der Waals surface area contributed by atoms with Crippen LogP contribution in [0.2, 0.25) is 0 Å². The van der Waals surface area contributed by atoms with Crippen LogP contribution in [0.5, 0.6) is 5.75 Å². The van der Waals surface area contributed by atoms with Crippen molar-refractivity contribution in [2.75, 3.05) is 25.6 Å². The molecule has 0 spiro atoms. The predicted molar refractivity (Wildman–Crippen MR) is 80.0 cm³/mol. The van der Waals surface area contributed by atoms with Gasteiger partial charge < -0.3 is 20.1 Å². The number of esters is 1. The van der Waals surface area contributed by atoms with Crippen molar-refractivity contribution >= 4 is 17.6 Å². The van der Waals surface area contributed by atoms with Crippen molar-refractivity contribution in [2.24, 2.45) is 0 Å². The third-order valence-corrected chi connectivity index (χ3v) is 2.51. The summed E-state index contributed by atoms with van der Waals surface area (Å²) in [5.74, 6) is -0.388. The van der Waals surface area contributed by atoms with Crippen LogP contribution < -0.4 is 15.4 Å². The summed E-state index contributed by atoms with van der Waals surface area (Å²) >= 11 is 0. The second-order valence-corrected chi connectivity index (χ2v) is 4.04. The maximum absolute atomic E-state index is 11.9. The van der Waals surface area contributed by atoms with Crippen molar-refractivity contribution in [3.8, 4) is 11.8 Å². The molecule has 0 saturated heterocycles. The van der Waals surface area contributed by atoms with Crippen LogP contribution in [-0.4, -0.2) is 32.1 Å². The van der Waals surface area contributed by atoms with Crippen LogP contribution >= 0.6 is 0 Å². The van der Waals surface area contributed by atoms with E-state index < -0.39 is 11.9 Å². The average molecular weight is 303 g/mol. The molecule has 7 nitrogen and oxygen atoms in total. The zero-order valence-electron chi connectivity index (χ0n) is 12.4. The quantitative estimate of drug-likeness (QED) is 0.446. The minimum Gasteiger partial charge on any atom is -0.497 e. The molecule has 0 aliphatic heterocycles. The number of anilines is 1. The summed E-state index contributed by atoms with van der Waals surface area (Å²) in [6.07, 6.45) is 1.18. The molecule has 0 aliphatic rings. The van der Waals surface area contributed by atoms with Gasteiger partial charge in [0.05, 0.1) is 13.7 Å². The van der Waals surface area contributed by atoms with Gasteiger partial charge >= 0.3 is 5.97 Å². The summed E-state index contributed by atoms with van der Waals surface area (Å²) in [6, 6.07) is 8.43. The second kappa shape index (κ2) is 9.02. The monoisotopic (exact) mass is 303 g/mol. The minimum atomic E-state index is -0.580. The lowest BCUT2D eigenvalue weighted by molar-refractivity contribution is -0.141. The first kappa shape index (κ1) is 17.0. The standard InChI is InChI=1S/C15H17N3O4/c1-3-22-14(19)10-17-9-11(8-16)15(20)18-12-4-6-13(21-2)7-5-12/h4-7,9,17H,3,10H2,1-2H3,(H,18,20)/b11-9-. The molecular formula is C15H17N3O4. The van der Waals surface area contributed by atoms with E-state index in [1.54, 1.807) is 44.4 Å². The highest BCUT2D eigenvalue weighted by Crippen LogP contribution is 2.15. The zero-order chi connectivity index (χ0) is 16.4. The average Bonchev–Trinajstić information content (AvgIpc) is 2.52. The molecule has 0 atom stereocenters. The number of hydrogen-bond acceptors (Lipinski definition) is 6. The molecular weight excluding hydrogens is 286 g/mol. The molecule has 1 aromatic rings. The van der Waals surface area contributed by atoms with Crippen LogP contribution in [0.15, 0.2) is 36.0 Å². The van der Waals surface area contributed by atoms with E-state index in [9.17, 15) is 9.59 Å². The maximum Gasteiger partial charge on any atom is 0.325 e. The van der Waals surface area contributed by atoms with Crippen LogP contribution in [0.1, 0.15) is 6.92 Å². The van der Waals surface area contributed by atoms with Crippen molar-refractivity contribution in [3.63, 3.8) is 0 Å². The second-order valence-electron chi connectivity index (χ2n) is 4.04. The number of nitrogens with zero attached hydrogens (tertiary/aromatic N) is 1. The summed E-state index contributed by atoms with van der Waals surface area (Å²) in [4.78, 5) is 23.0. The smallest absolute Gasteiger partial charge is 0.325 e. The minimum absolute atomic E-state index is 0.116. The molecule has 116 valence electrons. The fraction of sp³-hybridized carbons (Fsp3) is 0.267. The van der Waals surface area contributed by atoms with Crippen LogP contribution in [0.3, 0.4) is 0 Å². The SMILES string of the molecule is CCOC(=O)CN/C=C(/C#N)C(=O)Nc1ccc(OC)cc1. The molecule has 0 saturated carbocycles. The Morgan fingerprint density at radius 1 is 1.32 bits per heavy atom. The molecule has 0 heterocycles. The highest BCUT2D eigenvalue weighted by molar-refractivity contribution is 6.06. The Kier molecular flexibility index (Phi) is 6.99. The van der Waals surface area contributed by atoms with Crippen LogP contribution in [0, 0.1) is 11.3 Å². The van der Waals surface area contributed by atoms with Crippen molar-refractivity contribution in [1.29, 1.82) is 5.26 Å². The number of nitrogens with one attached hydrogen (secondary N) is 2. The van der Waals surface area contributed by atoms with E-state index in [0.717, 1.165) is 0 Å². The van der Waals surface area contributed by atoms with Gasteiger partial charge in [-0.1, -0.05) is 0 Å². The Bertz CT molecular complexity index is 588. The van der Waals surface area contributed by atoms with Gasteiger partial charge in [0.25, 0.3) is 5.91 Å². The highest BCUT2D eigenvalue weighted by Gasteiger charge is 2.09. The van der Waals surface area contributed by atoms with Gasteiger partial charge in [0.15, 0.2) is 0 Å². The van der Waals surface area contributed by atoms with Gasteiger partial charge in [0, 0.05) is 11.9 Å². The van der Waals surface area contributed by atoms with E-state index in [1.165, 1.54) is 6.20 Å². The normalized spacial score (nSPS) is 10.3. The van der Waals surface area contributed by atoms with Crippen molar-refractivity contribution in [2.45, 2.75) is 6.92 Å². The van der Waals surface area contributed by atoms with Gasteiger partial charge in [0.1, 0.15) is 23.9 Å². The highest BCUT2D eigenvalue weighted by atomic mass is 16.5. The largest absolute Gasteiger partial charge is 0.497 e. The van der Waals surface area contributed by atoms with Crippen molar-refractivity contribution < 1.29 is 19.1 Å². The molecule has 1 aromatic carbocycles. The number of hydrogen-bond donors (Lipinski definition) is 2. The van der Waals surface area contributed by atoms with Gasteiger partial charge in [-0.25, -0.2) is 0 Å². The zero-order valence-corrected chi connectivity index (χ0v) is 12.4. The molecule has 0 fully saturated rings. The van der Waals surface area contributed by atoms with E-state index in [2.05, 4.69) is 10.6 Å². The molecule has 0 bridgehead atoms. The predicted octanol–water partition coefficient (Wildman–Crippen LogP) is 1.19. The summed E-state index contributed by atoms with van der Waals surface area (Å²) < 4.78 is 9.72. The molecule has 7 heteroatoms. The number of ether oxygens (including phenoxy) is 2. The number of amides is 1. The lowest BCUT2D eigenvalue weighted by Gasteiger charge is -2.06. The maximum atomic E-state index is 11.9. The van der Waals surface area contributed by atoms with Gasteiger partial charge in [-0.05, 0) is 31.2 Å². The molecule has 0 unspecified atom stereocenters. The van der Waals surface area contributed by atoms with Crippen LogP contribution in [0.4, 0.5) is 5.69 Å². The summed E-state index contributed by atoms with van der Waals surface area (Å²) in [5, 5.41) is 14.1. The summed E-state index contributed by atoms with van der Waals surface area (Å²) in [7, 11) is 1.54.